The topological polar surface area (TPSA) is 125 Å². The van der Waals surface area contributed by atoms with Crippen molar-refractivity contribution in [3.05, 3.63) is 0 Å². The summed E-state index contributed by atoms with van der Waals surface area (Å²) >= 11 is 0. The van der Waals surface area contributed by atoms with Crippen LogP contribution in [-0.4, -0.2) is 34.7 Å². The first-order valence-electron chi connectivity index (χ1n) is 5.35. The van der Waals surface area contributed by atoms with Crippen LogP contribution >= 0.6 is 0 Å². The molecule has 8 heteroatoms. The Bertz CT molecular complexity index is 295. The van der Waals surface area contributed by atoms with Crippen LogP contribution in [-0.2, 0) is 14.2 Å². The number of ether oxygens (including phenoxy) is 3. The molecule has 0 unspecified atom stereocenters. The zero-order chi connectivity index (χ0) is 15.9. The summed E-state index contributed by atoms with van der Waals surface area (Å²) < 4.78 is 13.8. The molecule has 0 aliphatic heterocycles. The molecule has 0 rings (SSSR count). The molecular weight excluding hydrogens is 258 g/mol. The molecule has 1 amide bonds. The molecule has 0 heterocycles. The van der Waals surface area contributed by atoms with Gasteiger partial charge in [-0.2, -0.15) is 0 Å². The summed E-state index contributed by atoms with van der Waals surface area (Å²) in [5.41, 5.74) is 2.64. The van der Waals surface area contributed by atoms with Gasteiger partial charge >= 0.3 is 18.4 Å². The zero-order valence-electron chi connectivity index (χ0n) is 12.0. The van der Waals surface area contributed by atoms with Gasteiger partial charge in [-0.3, -0.25) is 0 Å². The fraction of sp³-hybridized carbons (Fsp3) is 0.727. The van der Waals surface area contributed by atoms with E-state index in [1.54, 1.807) is 41.5 Å². The number of nitrogens with two attached hydrogens (primary N) is 1. The summed E-state index contributed by atoms with van der Waals surface area (Å²) in [5.74, 6) is 0. The highest BCUT2D eigenvalue weighted by Crippen LogP contribution is 2.11. The van der Waals surface area contributed by atoms with E-state index in [1.165, 1.54) is 0 Å². The van der Waals surface area contributed by atoms with E-state index < -0.39 is 29.6 Å². The Morgan fingerprint density at radius 2 is 1.05 bits per heavy atom. The molecule has 0 aromatic carbocycles. The summed E-state index contributed by atoms with van der Waals surface area (Å²) in [4.78, 5) is 30.8. The predicted molar refractivity (Wildman–Crippen MR) is 65.8 cm³/mol. The molecule has 0 saturated heterocycles. The van der Waals surface area contributed by atoms with Crippen LogP contribution in [0.1, 0.15) is 41.5 Å². The minimum atomic E-state index is -1.33. The molecule has 0 aliphatic carbocycles. The SMILES string of the molecule is CC(C)(C)OC(=O)OC(=O)OC(C)(C)C.NC(=O)O. The second kappa shape index (κ2) is 7.45. The van der Waals surface area contributed by atoms with E-state index in [9.17, 15) is 9.59 Å². The lowest BCUT2D eigenvalue weighted by Gasteiger charge is -2.20. The Morgan fingerprint density at radius 3 is 1.21 bits per heavy atom. The summed E-state index contributed by atoms with van der Waals surface area (Å²) in [6.45, 7) is 10.0. The Morgan fingerprint density at radius 1 is 0.842 bits per heavy atom. The molecular formula is C11H21NO7. The first kappa shape index (κ1) is 19.4. The number of carbonyl (C=O) groups excluding carboxylic acids is 2. The smallest absolute Gasteiger partial charge is 0.465 e. The van der Waals surface area contributed by atoms with Gasteiger partial charge in [0.15, 0.2) is 0 Å². The molecule has 0 saturated carbocycles. The Labute approximate surface area is 111 Å². The van der Waals surface area contributed by atoms with Crippen LogP contribution in [0, 0.1) is 0 Å². The number of amides is 1. The Hall–Kier alpha value is -1.99. The number of hydrogen-bond acceptors (Lipinski definition) is 6. The molecule has 0 radical (unpaired) electrons. The molecule has 0 bridgehead atoms. The molecule has 0 aromatic rings. The summed E-state index contributed by atoms with van der Waals surface area (Å²) in [6, 6.07) is 0. The third-order valence-electron chi connectivity index (χ3n) is 0.946. The quantitative estimate of drug-likeness (QED) is 0.515. The summed E-state index contributed by atoms with van der Waals surface area (Å²) in [7, 11) is 0. The normalized spacial score (nSPS) is 10.6. The molecule has 0 atom stereocenters. The largest absolute Gasteiger partial charge is 0.519 e. The van der Waals surface area contributed by atoms with E-state index in [2.05, 4.69) is 10.5 Å². The summed E-state index contributed by atoms with van der Waals surface area (Å²) in [6.07, 6.45) is -3.45. The standard InChI is InChI=1S/C10H18O5.CH3NO2/c1-9(2,3)14-7(11)13-8(12)15-10(4,5)6;2-1(3)4/h1-6H3;2H2,(H,3,4). The van der Waals surface area contributed by atoms with Gasteiger partial charge in [-0.1, -0.05) is 0 Å². The molecule has 8 nitrogen and oxygen atoms in total. The van der Waals surface area contributed by atoms with Gasteiger partial charge in [0.2, 0.25) is 0 Å². The molecule has 3 N–H and O–H groups in total. The maximum Gasteiger partial charge on any atom is 0.519 e. The van der Waals surface area contributed by atoms with Crippen molar-refractivity contribution in [1.82, 2.24) is 0 Å². The van der Waals surface area contributed by atoms with Gasteiger partial charge in [0, 0.05) is 0 Å². The lowest BCUT2D eigenvalue weighted by atomic mass is 10.2. The molecule has 0 fully saturated rings. The molecule has 0 aromatic heterocycles. The van der Waals surface area contributed by atoms with Crippen LogP contribution in [0.25, 0.3) is 0 Å². The summed E-state index contributed by atoms with van der Waals surface area (Å²) in [5, 5.41) is 7.19. The molecule has 112 valence electrons. The van der Waals surface area contributed by atoms with Gasteiger partial charge in [-0.05, 0) is 41.5 Å². The highest BCUT2D eigenvalue weighted by molar-refractivity contribution is 5.77. The second-order valence-electron chi connectivity index (χ2n) is 5.37. The van der Waals surface area contributed by atoms with Gasteiger partial charge in [0.25, 0.3) is 0 Å². The van der Waals surface area contributed by atoms with Crippen molar-refractivity contribution in [2.45, 2.75) is 52.7 Å². The van der Waals surface area contributed by atoms with Crippen LogP contribution in [0.5, 0.6) is 0 Å². The number of carboxylic acid groups (broad SMARTS) is 1. The number of hydrogen-bond donors (Lipinski definition) is 2. The third kappa shape index (κ3) is 21.8. The minimum absolute atomic E-state index is 0.695. The van der Waals surface area contributed by atoms with Crippen LogP contribution < -0.4 is 5.73 Å². The van der Waals surface area contributed by atoms with Crippen molar-refractivity contribution in [3.8, 4) is 0 Å². The highest BCUT2D eigenvalue weighted by atomic mass is 16.8. The third-order valence-corrected chi connectivity index (χ3v) is 0.946. The van der Waals surface area contributed by atoms with Crippen molar-refractivity contribution in [1.29, 1.82) is 0 Å². The second-order valence-corrected chi connectivity index (χ2v) is 5.37. The molecule has 0 aliphatic rings. The maximum absolute atomic E-state index is 11.0. The van der Waals surface area contributed by atoms with E-state index in [-0.39, 0.29) is 0 Å². The van der Waals surface area contributed by atoms with E-state index in [1.807, 2.05) is 0 Å². The fourth-order valence-electron chi connectivity index (χ4n) is 0.610. The Kier molecular flexibility index (Phi) is 7.58. The van der Waals surface area contributed by atoms with Crippen LogP contribution in [0.15, 0.2) is 0 Å². The van der Waals surface area contributed by atoms with Crippen molar-refractivity contribution >= 4 is 18.4 Å². The van der Waals surface area contributed by atoms with Gasteiger partial charge in [-0.25, -0.2) is 14.4 Å². The van der Waals surface area contributed by atoms with Crippen molar-refractivity contribution in [2.75, 3.05) is 0 Å². The highest BCUT2D eigenvalue weighted by Gasteiger charge is 2.24. The van der Waals surface area contributed by atoms with E-state index in [4.69, 9.17) is 19.4 Å². The predicted octanol–water partition coefficient (Wildman–Crippen LogP) is 2.50. The van der Waals surface area contributed by atoms with Gasteiger partial charge < -0.3 is 25.1 Å². The van der Waals surface area contributed by atoms with E-state index >= 15 is 0 Å². The Balaban J connectivity index is 0. The average molecular weight is 279 g/mol. The van der Waals surface area contributed by atoms with Gasteiger partial charge in [-0.15, -0.1) is 0 Å². The van der Waals surface area contributed by atoms with Crippen molar-refractivity contribution in [3.63, 3.8) is 0 Å². The monoisotopic (exact) mass is 279 g/mol. The van der Waals surface area contributed by atoms with Gasteiger partial charge in [0.1, 0.15) is 11.2 Å². The fourth-order valence-corrected chi connectivity index (χ4v) is 0.610. The van der Waals surface area contributed by atoms with Gasteiger partial charge in [0.05, 0.1) is 0 Å². The maximum atomic E-state index is 11.0. The first-order valence-corrected chi connectivity index (χ1v) is 5.35. The number of rotatable bonds is 0. The molecule has 0 spiro atoms. The van der Waals surface area contributed by atoms with Crippen molar-refractivity contribution < 1.29 is 33.7 Å². The zero-order valence-corrected chi connectivity index (χ0v) is 12.0. The minimum Gasteiger partial charge on any atom is -0.465 e. The lowest BCUT2D eigenvalue weighted by Crippen LogP contribution is -2.29. The first-order chi connectivity index (χ1) is 8.23. The van der Waals surface area contributed by atoms with E-state index in [0.717, 1.165) is 0 Å². The number of primary amides is 1. The van der Waals surface area contributed by atoms with Crippen LogP contribution in [0.2, 0.25) is 0 Å². The van der Waals surface area contributed by atoms with Crippen LogP contribution in [0.4, 0.5) is 14.4 Å². The van der Waals surface area contributed by atoms with E-state index in [0.29, 0.717) is 0 Å². The van der Waals surface area contributed by atoms with Crippen LogP contribution in [0.3, 0.4) is 0 Å². The lowest BCUT2D eigenvalue weighted by molar-refractivity contribution is -0.0293. The average Bonchev–Trinajstić information content (AvgIpc) is 1.91. The molecule has 19 heavy (non-hydrogen) atoms. The number of carbonyl (C=O) groups is 3. The van der Waals surface area contributed by atoms with Crippen molar-refractivity contribution in [2.24, 2.45) is 5.73 Å².